The van der Waals surface area contributed by atoms with Crippen LogP contribution < -0.4 is 0 Å². The Kier molecular flexibility index (Phi) is 2030. The van der Waals surface area contributed by atoms with E-state index in [-0.39, 0.29) is 72.6 Å². The fourth-order valence-corrected chi connectivity index (χ4v) is 0. The van der Waals surface area contributed by atoms with Gasteiger partial charge in [0.15, 0.2) is 0 Å². The van der Waals surface area contributed by atoms with Gasteiger partial charge in [-0.05, 0) is 0 Å². The van der Waals surface area contributed by atoms with Crippen molar-refractivity contribution in [2.75, 3.05) is 0 Å². The summed E-state index contributed by atoms with van der Waals surface area (Å²) in [7, 11) is 0. The Labute approximate surface area is 72.4 Å². The van der Waals surface area contributed by atoms with Crippen LogP contribution in [0.4, 0.5) is 0 Å². The molecule has 0 spiro atoms. The fourth-order valence-electron chi connectivity index (χ4n) is 0. The molecule has 0 radical (unpaired) electrons. The summed E-state index contributed by atoms with van der Waals surface area (Å²) < 4.78 is 0. The topological polar surface area (TPSA) is 0 Å². The summed E-state index contributed by atoms with van der Waals surface area (Å²) in [6, 6.07) is 0. The van der Waals surface area contributed by atoms with Gasteiger partial charge >= 0.3 is 39.0 Å². The predicted octanol–water partition coefficient (Wildman–Crippen LogP) is -5.81. The third kappa shape index (κ3) is 49.3. The van der Waals surface area contributed by atoms with Crippen molar-refractivity contribution in [1.82, 2.24) is 0 Å². The smallest absolute Gasteiger partial charge is 0.0626 e. The van der Waals surface area contributed by atoms with Crippen LogP contribution in [0, 0.1) is 0 Å². The normalized spacial score (nSPS) is 0. The largest absolute Gasteiger partial charge is 2.00 e. The number of hydrogen-bond acceptors (Lipinski definition) is 0. The molecule has 0 aliphatic heterocycles. The minimum Gasteiger partial charge on any atom is -0.0626 e. The summed E-state index contributed by atoms with van der Waals surface area (Å²) in [5.74, 6) is 0. The van der Waals surface area contributed by atoms with E-state index in [0.717, 1.165) is 0 Å². The molecule has 0 aromatic carbocycles. The third-order valence-corrected chi connectivity index (χ3v) is 0. The van der Waals surface area contributed by atoms with Crippen molar-refractivity contribution in [2.24, 2.45) is 0 Å². The van der Waals surface area contributed by atoms with Gasteiger partial charge in [0, 0.05) is 0 Å². The third-order valence-electron chi connectivity index (χ3n) is 0. The van der Waals surface area contributed by atoms with E-state index >= 15 is 0 Å². The Bertz CT molecular complexity index is 5.51. The first kappa shape index (κ1) is 140. The molecule has 6 heavy (non-hydrogen) atoms. The molecule has 0 bridgehead atoms. The number of hydrogen-bond donors (Lipinski definition) is 0. The summed E-state index contributed by atoms with van der Waals surface area (Å²) in [6.45, 7) is 0. The standard InChI is InChI=1S/4BH4.2Zn/h4*1H4;;/q4*-1;2*+2. The van der Waals surface area contributed by atoms with Crippen LogP contribution in [0.15, 0.2) is 0 Å². The van der Waals surface area contributed by atoms with Crippen LogP contribution in [0.2, 0.25) is 0 Å². The SMILES string of the molecule is [BH4-].[BH4-].[BH4-].[BH4-].[Zn+2].[Zn+2]. The molecular weight excluding hydrogens is 174 g/mol. The van der Waals surface area contributed by atoms with Crippen molar-refractivity contribution in [3.05, 3.63) is 0 Å². The van der Waals surface area contributed by atoms with Gasteiger partial charge < -0.3 is 0 Å². The van der Waals surface area contributed by atoms with Gasteiger partial charge in [-0.1, -0.05) is 33.7 Å². The first-order chi connectivity index (χ1) is 0. The maximum atomic E-state index is 0. The second-order valence-electron chi connectivity index (χ2n) is 0. The maximum Gasteiger partial charge on any atom is 2.00 e. The van der Waals surface area contributed by atoms with Crippen LogP contribution in [0.5, 0.6) is 0 Å². The average Bonchev–Trinajstić information content (AvgIpc) is 0. The van der Waals surface area contributed by atoms with Crippen molar-refractivity contribution in [1.29, 1.82) is 0 Å². The zero-order valence-corrected chi connectivity index (χ0v) is 7.35. The first-order valence-corrected chi connectivity index (χ1v) is 0. The van der Waals surface area contributed by atoms with Gasteiger partial charge in [0.1, 0.15) is 0 Å². The van der Waals surface area contributed by atoms with Crippen molar-refractivity contribution in [3.8, 4) is 0 Å². The van der Waals surface area contributed by atoms with Crippen LogP contribution >= 0.6 is 0 Å². The minimum absolute atomic E-state index is 0. The van der Waals surface area contributed by atoms with Gasteiger partial charge in [-0.25, -0.2) is 0 Å². The summed E-state index contributed by atoms with van der Waals surface area (Å²) in [6.07, 6.45) is 0. The molecule has 0 N–H and O–H groups in total. The summed E-state index contributed by atoms with van der Waals surface area (Å²) in [4.78, 5) is 0. The quantitative estimate of drug-likeness (QED) is 0.334. The minimum atomic E-state index is 0. The molecule has 0 amide bonds. The molecular formula is H16B4Zn2. The van der Waals surface area contributed by atoms with E-state index in [0.29, 0.717) is 0 Å². The zero-order valence-electron chi connectivity index (χ0n) is 1.41. The van der Waals surface area contributed by atoms with Gasteiger partial charge in [-0.2, -0.15) is 0 Å². The predicted molar refractivity (Wildman–Crippen MR) is 45.3 cm³/mol. The molecule has 0 unspecified atom stereocenters. The molecule has 0 aliphatic rings. The Hall–Kier alpha value is 1.51. The van der Waals surface area contributed by atoms with Crippen LogP contribution in [0.25, 0.3) is 0 Å². The Morgan fingerprint density at radius 1 is 0.333 bits per heavy atom. The molecule has 32 valence electrons. The molecule has 0 aliphatic carbocycles. The van der Waals surface area contributed by atoms with Crippen molar-refractivity contribution in [2.45, 2.75) is 0 Å². The van der Waals surface area contributed by atoms with Crippen LogP contribution in [0.1, 0.15) is 0 Å². The molecule has 6 heteroatoms. The molecule has 0 nitrogen and oxygen atoms in total. The van der Waals surface area contributed by atoms with E-state index in [1.54, 1.807) is 0 Å². The molecule has 0 aromatic rings. The molecule has 0 heterocycles. The van der Waals surface area contributed by atoms with Crippen LogP contribution in [-0.2, 0) is 39.0 Å². The van der Waals surface area contributed by atoms with Gasteiger partial charge in [0.05, 0.1) is 0 Å². The second-order valence-corrected chi connectivity index (χ2v) is 0. The van der Waals surface area contributed by atoms with Gasteiger partial charge in [0.25, 0.3) is 0 Å². The molecule has 0 fully saturated rings. The van der Waals surface area contributed by atoms with Crippen molar-refractivity contribution in [3.63, 3.8) is 0 Å². The average molecular weight is 190 g/mol. The van der Waals surface area contributed by atoms with Gasteiger partial charge in [-0.15, -0.1) is 0 Å². The van der Waals surface area contributed by atoms with Crippen LogP contribution in [-0.4, -0.2) is 33.7 Å². The zero-order chi connectivity index (χ0) is 0. The van der Waals surface area contributed by atoms with E-state index in [9.17, 15) is 0 Å². The molecule has 0 saturated heterocycles. The fraction of sp³-hybridized carbons (Fsp3) is 0. The van der Waals surface area contributed by atoms with E-state index in [1.807, 2.05) is 0 Å². The first-order valence-electron chi connectivity index (χ1n) is 0. The van der Waals surface area contributed by atoms with E-state index < -0.39 is 0 Å². The van der Waals surface area contributed by atoms with Gasteiger partial charge in [-0.3, -0.25) is 0 Å². The van der Waals surface area contributed by atoms with E-state index in [4.69, 9.17) is 0 Å². The monoisotopic (exact) mass is 188 g/mol. The Morgan fingerprint density at radius 2 is 0.333 bits per heavy atom. The molecule has 0 rings (SSSR count). The Morgan fingerprint density at radius 3 is 0.333 bits per heavy atom. The number of rotatable bonds is 0. The molecule has 0 atom stereocenters. The van der Waals surface area contributed by atoms with Crippen molar-refractivity contribution < 1.29 is 39.0 Å². The maximum absolute atomic E-state index is 0. The van der Waals surface area contributed by atoms with Crippen LogP contribution in [0.3, 0.4) is 0 Å². The summed E-state index contributed by atoms with van der Waals surface area (Å²) in [5, 5.41) is 0. The van der Waals surface area contributed by atoms with E-state index in [2.05, 4.69) is 0 Å². The summed E-state index contributed by atoms with van der Waals surface area (Å²) in [5.41, 5.74) is 0. The van der Waals surface area contributed by atoms with Gasteiger partial charge in [0.2, 0.25) is 0 Å². The molecule has 0 saturated carbocycles. The molecule has 0 aromatic heterocycles. The second kappa shape index (κ2) is 86.9. The Balaban J connectivity index is 0. The summed E-state index contributed by atoms with van der Waals surface area (Å²) >= 11 is 0. The van der Waals surface area contributed by atoms with Crippen molar-refractivity contribution >= 4 is 33.7 Å². The van der Waals surface area contributed by atoms with E-state index in [1.165, 1.54) is 0 Å².